The monoisotopic (exact) mass is 419 g/mol. The molecule has 1 saturated carbocycles. The number of rotatable bonds is 5. The number of likely N-dealkylation sites (tertiary alicyclic amines) is 1. The SMILES string of the molecule is O=c1c2ccccc2nc(C2CCCN2Cc2nnc(C(F)(F)F)o2)n1CC1CC1. The molecule has 158 valence electrons. The average Bonchev–Trinajstić information content (AvgIpc) is 3.20. The van der Waals surface area contributed by atoms with E-state index in [2.05, 4.69) is 10.2 Å². The van der Waals surface area contributed by atoms with Gasteiger partial charge in [0, 0.05) is 6.54 Å². The van der Waals surface area contributed by atoms with Crippen molar-refractivity contribution in [2.45, 2.75) is 51.0 Å². The Kier molecular flexibility index (Phi) is 4.61. The van der Waals surface area contributed by atoms with E-state index in [1.165, 1.54) is 0 Å². The van der Waals surface area contributed by atoms with Crippen molar-refractivity contribution in [3.63, 3.8) is 0 Å². The third-order valence-corrected chi connectivity index (χ3v) is 5.74. The maximum absolute atomic E-state index is 13.2. The molecule has 0 amide bonds. The highest BCUT2D eigenvalue weighted by Gasteiger charge is 2.39. The quantitative estimate of drug-likeness (QED) is 0.630. The number of alkyl halides is 3. The lowest BCUT2D eigenvalue weighted by Crippen LogP contribution is -2.32. The lowest BCUT2D eigenvalue weighted by molar-refractivity contribution is -0.157. The fourth-order valence-corrected chi connectivity index (χ4v) is 4.09. The second kappa shape index (κ2) is 7.19. The molecule has 10 heteroatoms. The minimum absolute atomic E-state index is 0.0634. The van der Waals surface area contributed by atoms with Gasteiger partial charge in [-0.05, 0) is 50.3 Å². The number of fused-ring (bicyclic) bond motifs is 1. The van der Waals surface area contributed by atoms with Crippen LogP contribution in [0.2, 0.25) is 0 Å². The molecule has 2 aromatic heterocycles. The zero-order valence-corrected chi connectivity index (χ0v) is 16.1. The number of halogens is 3. The van der Waals surface area contributed by atoms with Gasteiger partial charge in [0.15, 0.2) is 0 Å². The molecule has 1 atom stereocenters. The summed E-state index contributed by atoms with van der Waals surface area (Å²) in [5, 5.41) is 7.25. The van der Waals surface area contributed by atoms with Crippen molar-refractivity contribution >= 4 is 10.9 Å². The first-order valence-electron chi connectivity index (χ1n) is 10.0. The van der Waals surface area contributed by atoms with Crippen LogP contribution >= 0.6 is 0 Å². The van der Waals surface area contributed by atoms with E-state index in [4.69, 9.17) is 9.40 Å². The van der Waals surface area contributed by atoms with Crippen LogP contribution in [0.3, 0.4) is 0 Å². The Morgan fingerprint density at radius 3 is 2.67 bits per heavy atom. The third-order valence-electron chi connectivity index (χ3n) is 5.74. The Morgan fingerprint density at radius 1 is 1.13 bits per heavy atom. The van der Waals surface area contributed by atoms with Crippen molar-refractivity contribution in [1.29, 1.82) is 0 Å². The molecular formula is C20H20F3N5O2. The Morgan fingerprint density at radius 2 is 1.93 bits per heavy atom. The van der Waals surface area contributed by atoms with Crippen LogP contribution in [0, 0.1) is 5.92 Å². The highest BCUT2D eigenvalue weighted by atomic mass is 19.4. The third kappa shape index (κ3) is 3.60. The zero-order valence-electron chi connectivity index (χ0n) is 16.1. The molecule has 7 nitrogen and oxygen atoms in total. The summed E-state index contributed by atoms with van der Waals surface area (Å²) in [6.45, 7) is 1.36. The first-order valence-corrected chi connectivity index (χ1v) is 10.0. The van der Waals surface area contributed by atoms with Gasteiger partial charge in [-0.25, -0.2) is 4.98 Å². The summed E-state index contributed by atoms with van der Waals surface area (Å²) in [5.74, 6) is -0.294. The van der Waals surface area contributed by atoms with Gasteiger partial charge in [0.2, 0.25) is 5.89 Å². The molecule has 1 aliphatic heterocycles. The van der Waals surface area contributed by atoms with Gasteiger partial charge in [0.25, 0.3) is 5.56 Å². The summed E-state index contributed by atoms with van der Waals surface area (Å²) < 4.78 is 44.9. The number of aromatic nitrogens is 4. The Bertz CT molecular complexity index is 1140. The van der Waals surface area contributed by atoms with E-state index in [0.29, 0.717) is 35.7 Å². The van der Waals surface area contributed by atoms with Gasteiger partial charge in [-0.2, -0.15) is 13.2 Å². The molecule has 2 fully saturated rings. The summed E-state index contributed by atoms with van der Waals surface area (Å²) >= 11 is 0. The Hall–Kier alpha value is -2.75. The summed E-state index contributed by atoms with van der Waals surface area (Å²) in [7, 11) is 0. The molecule has 1 aromatic carbocycles. The molecule has 2 aliphatic rings. The number of para-hydroxylation sites is 1. The van der Waals surface area contributed by atoms with Crippen molar-refractivity contribution in [2.24, 2.45) is 5.92 Å². The molecular weight excluding hydrogens is 399 g/mol. The standard InChI is InChI=1S/C20H20F3N5O2/c21-20(22,23)19-26-25-16(30-19)11-27-9-3-6-15(27)17-24-14-5-2-1-4-13(14)18(29)28(17)10-12-7-8-12/h1-2,4-5,12,15H,3,6-11H2. The topological polar surface area (TPSA) is 77.1 Å². The fraction of sp³-hybridized carbons (Fsp3) is 0.500. The molecule has 30 heavy (non-hydrogen) atoms. The number of hydrogen-bond acceptors (Lipinski definition) is 6. The number of hydrogen-bond donors (Lipinski definition) is 0. The first-order chi connectivity index (χ1) is 14.4. The van der Waals surface area contributed by atoms with Crippen LogP contribution in [-0.2, 0) is 19.3 Å². The molecule has 1 saturated heterocycles. The van der Waals surface area contributed by atoms with E-state index in [9.17, 15) is 18.0 Å². The number of nitrogens with zero attached hydrogens (tertiary/aromatic N) is 5. The van der Waals surface area contributed by atoms with E-state index in [1.54, 1.807) is 10.6 Å². The number of benzene rings is 1. The second-order valence-corrected chi connectivity index (χ2v) is 7.97. The lowest BCUT2D eigenvalue weighted by atomic mass is 10.1. The Labute approximate surface area is 169 Å². The Balaban J connectivity index is 1.50. The molecule has 3 aromatic rings. The van der Waals surface area contributed by atoms with Crippen molar-refractivity contribution in [3.05, 3.63) is 52.2 Å². The summed E-state index contributed by atoms with van der Waals surface area (Å²) in [4.78, 5) is 20.0. The zero-order chi connectivity index (χ0) is 20.9. The van der Waals surface area contributed by atoms with Gasteiger partial charge in [-0.15, -0.1) is 10.2 Å². The van der Waals surface area contributed by atoms with Gasteiger partial charge < -0.3 is 4.42 Å². The van der Waals surface area contributed by atoms with Crippen molar-refractivity contribution < 1.29 is 17.6 Å². The van der Waals surface area contributed by atoms with Crippen LogP contribution in [0.5, 0.6) is 0 Å². The van der Waals surface area contributed by atoms with E-state index in [0.717, 1.165) is 25.7 Å². The predicted molar refractivity (Wildman–Crippen MR) is 100 cm³/mol. The van der Waals surface area contributed by atoms with Crippen LogP contribution in [-0.4, -0.2) is 31.2 Å². The molecule has 0 spiro atoms. The van der Waals surface area contributed by atoms with Gasteiger partial charge in [-0.1, -0.05) is 12.1 Å². The smallest absolute Gasteiger partial charge is 0.416 e. The van der Waals surface area contributed by atoms with Crippen molar-refractivity contribution in [2.75, 3.05) is 6.54 Å². The van der Waals surface area contributed by atoms with Gasteiger partial charge in [-0.3, -0.25) is 14.3 Å². The van der Waals surface area contributed by atoms with Crippen LogP contribution in [0.1, 0.15) is 49.3 Å². The molecule has 5 rings (SSSR count). The van der Waals surface area contributed by atoms with Gasteiger partial charge >= 0.3 is 12.1 Å². The van der Waals surface area contributed by atoms with Crippen molar-refractivity contribution in [1.82, 2.24) is 24.6 Å². The fourth-order valence-electron chi connectivity index (χ4n) is 4.09. The minimum Gasteiger partial charge on any atom is -0.416 e. The summed E-state index contributed by atoms with van der Waals surface area (Å²) in [5.41, 5.74) is 0.569. The largest absolute Gasteiger partial charge is 0.470 e. The van der Waals surface area contributed by atoms with Crippen molar-refractivity contribution in [3.8, 4) is 0 Å². The van der Waals surface area contributed by atoms with E-state index in [1.807, 2.05) is 23.1 Å². The second-order valence-electron chi connectivity index (χ2n) is 7.97. The van der Waals surface area contributed by atoms with Gasteiger partial charge in [0.05, 0.1) is 23.5 Å². The minimum atomic E-state index is -4.67. The maximum Gasteiger partial charge on any atom is 0.470 e. The molecule has 0 N–H and O–H groups in total. The summed E-state index contributed by atoms with van der Waals surface area (Å²) in [6, 6.07) is 7.06. The molecule has 0 bridgehead atoms. The van der Waals surface area contributed by atoms with Crippen LogP contribution in [0.15, 0.2) is 33.5 Å². The predicted octanol–water partition coefficient (Wildman–Crippen LogP) is 3.55. The highest BCUT2D eigenvalue weighted by molar-refractivity contribution is 5.77. The first kappa shape index (κ1) is 19.2. The van der Waals surface area contributed by atoms with Crippen LogP contribution < -0.4 is 5.56 Å². The van der Waals surface area contributed by atoms with Crippen LogP contribution in [0.4, 0.5) is 13.2 Å². The maximum atomic E-state index is 13.2. The molecule has 0 radical (unpaired) electrons. The summed E-state index contributed by atoms with van der Waals surface area (Å²) in [6.07, 6.45) is -0.877. The van der Waals surface area contributed by atoms with E-state index < -0.39 is 12.1 Å². The van der Waals surface area contributed by atoms with E-state index in [-0.39, 0.29) is 24.0 Å². The van der Waals surface area contributed by atoms with Crippen LogP contribution in [0.25, 0.3) is 10.9 Å². The normalized spacial score (nSPS) is 20.3. The van der Waals surface area contributed by atoms with E-state index >= 15 is 0 Å². The lowest BCUT2D eigenvalue weighted by Gasteiger charge is -2.25. The molecule has 1 aliphatic carbocycles. The highest BCUT2D eigenvalue weighted by Crippen LogP contribution is 2.36. The van der Waals surface area contributed by atoms with Gasteiger partial charge in [0.1, 0.15) is 5.82 Å². The molecule has 1 unspecified atom stereocenters. The molecule has 3 heterocycles. The average molecular weight is 419 g/mol.